The van der Waals surface area contributed by atoms with Gasteiger partial charge in [-0.3, -0.25) is 0 Å². The Morgan fingerprint density at radius 1 is 1.11 bits per heavy atom. The van der Waals surface area contributed by atoms with Crippen LogP contribution in [0, 0.1) is 11.6 Å². The fourth-order valence-electron chi connectivity index (χ4n) is 1.81. The smallest absolute Gasteiger partial charge is 0.146 e. The highest BCUT2D eigenvalue weighted by Crippen LogP contribution is 2.25. The van der Waals surface area contributed by atoms with Crippen molar-refractivity contribution in [2.75, 3.05) is 11.9 Å². The van der Waals surface area contributed by atoms with Crippen molar-refractivity contribution in [2.45, 2.75) is 6.04 Å². The van der Waals surface area contributed by atoms with Gasteiger partial charge in [0.25, 0.3) is 0 Å². The third kappa shape index (κ3) is 3.30. The minimum absolute atomic E-state index is 0.154. The van der Waals surface area contributed by atoms with Gasteiger partial charge in [-0.1, -0.05) is 28.1 Å². The van der Waals surface area contributed by atoms with Gasteiger partial charge in [-0.05, 0) is 30.3 Å². The van der Waals surface area contributed by atoms with Crippen LogP contribution in [0.1, 0.15) is 11.6 Å². The van der Waals surface area contributed by atoms with Gasteiger partial charge in [-0.25, -0.2) is 8.78 Å². The number of nitrogens with two attached hydrogens (primary N) is 1. The molecule has 2 nitrogen and oxygen atoms in total. The van der Waals surface area contributed by atoms with Gasteiger partial charge in [0.05, 0.1) is 11.7 Å². The maximum atomic E-state index is 13.8. The second-order valence-corrected chi connectivity index (χ2v) is 4.99. The van der Waals surface area contributed by atoms with Crippen molar-refractivity contribution >= 4 is 21.6 Å². The van der Waals surface area contributed by atoms with E-state index in [4.69, 9.17) is 5.73 Å². The highest BCUT2D eigenvalue weighted by molar-refractivity contribution is 9.10. The molecule has 3 N–H and O–H groups in total. The lowest BCUT2D eigenvalue weighted by atomic mass is 10.1. The highest BCUT2D eigenvalue weighted by Gasteiger charge is 2.16. The molecule has 0 amide bonds. The van der Waals surface area contributed by atoms with Gasteiger partial charge in [0, 0.05) is 16.6 Å². The first-order chi connectivity index (χ1) is 9.11. The summed E-state index contributed by atoms with van der Waals surface area (Å²) >= 11 is 3.28. The number of hydrogen-bond donors (Lipinski definition) is 2. The molecule has 1 atom stereocenters. The lowest BCUT2D eigenvalue weighted by Gasteiger charge is -2.19. The largest absolute Gasteiger partial charge is 0.374 e. The van der Waals surface area contributed by atoms with E-state index in [2.05, 4.69) is 21.2 Å². The summed E-state index contributed by atoms with van der Waals surface area (Å²) < 4.78 is 28.1. The molecule has 0 saturated heterocycles. The van der Waals surface area contributed by atoms with E-state index in [0.29, 0.717) is 11.3 Å². The van der Waals surface area contributed by atoms with E-state index in [1.54, 1.807) is 30.3 Å². The quantitative estimate of drug-likeness (QED) is 0.895. The molecule has 2 rings (SSSR count). The molecule has 2 aromatic carbocycles. The summed E-state index contributed by atoms with van der Waals surface area (Å²) in [5.74, 6) is -0.765. The first kappa shape index (κ1) is 14.0. The number of para-hydroxylation sites is 1. The molecule has 0 bridgehead atoms. The van der Waals surface area contributed by atoms with E-state index < -0.39 is 11.9 Å². The highest BCUT2D eigenvalue weighted by atomic mass is 79.9. The van der Waals surface area contributed by atoms with Crippen LogP contribution in [0.4, 0.5) is 14.5 Å². The Kier molecular flexibility index (Phi) is 4.50. The second kappa shape index (κ2) is 6.12. The summed E-state index contributed by atoms with van der Waals surface area (Å²) in [6, 6.07) is 10.3. The first-order valence-electron chi connectivity index (χ1n) is 5.78. The van der Waals surface area contributed by atoms with Crippen LogP contribution < -0.4 is 11.1 Å². The summed E-state index contributed by atoms with van der Waals surface area (Å²) in [6.07, 6.45) is 0. The Balaban J connectivity index is 2.30. The van der Waals surface area contributed by atoms with E-state index in [9.17, 15) is 8.78 Å². The molecule has 0 radical (unpaired) electrons. The van der Waals surface area contributed by atoms with Crippen molar-refractivity contribution in [2.24, 2.45) is 5.73 Å². The molecule has 0 aliphatic heterocycles. The lowest BCUT2D eigenvalue weighted by Crippen LogP contribution is -2.22. The van der Waals surface area contributed by atoms with Gasteiger partial charge in [0.15, 0.2) is 0 Å². The SMILES string of the molecule is NCC(Nc1ccccc1F)c1cc(Br)ccc1F. The summed E-state index contributed by atoms with van der Waals surface area (Å²) in [4.78, 5) is 0. The van der Waals surface area contributed by atoms with Crippen molar-refractivity contribution < 1.29 is 8.78 Å². The third-order valence-corrected chi connectivity index (χ3v) is 3.27. The Morgan fingerprint density at radius 3 is 2.53 bits per heavy atom. The zero-order valence-electron chi connectivity index (χ0n) is 10.0. The average molecular weight is 327 g/mol. The van der Waals surface area contributed by atoms with Crippen LogP contribution >= 0.6 is 15.9 Å². The number of benzene rings is 2. The zero-order chi connectivity index (χ0) is 13.8. The minimum Gasteiger partial charge on any atom is -0.374 e. The number of halogens is 3. The average Bonchev–Trinajstić information content (AvgIpc) is 2.41. The van der Waals surface area contributed by atoms with Crippen molar-refractivity contribution in [3.05, 3.63) is 64.1 Å². The monoisotopic (exact) mass is 326 g/mol. The molecule has 0 spiro atoms. The normalized spacial score (nSPS) is 12.2. The molecule has 0 heterocycles. The topological polar surface area (TPSA) is 38.0 Å². The lowest BCUT2D eigenvalue weighted by molar-refractivity contribution is 0.588. The Hall–Kier alpha value is -1.46. The molecule has 0 fully saturated rings. The fraction of sp³-hybridized carbons (Fsp3) is 0.143. The second-order valence-electron chi connectivity index (χ2n) is 4.08. The van der Waals surface area contributed by atoms with Crippen LogP contribution in [0.3, 0.4) is 0 Å². The van der Waals surface area contributed by atoms with Crippen LogP contribution in [0.15, 0.2) is 46.9 Å². The summed E-state index contributed by atoms with van der Waals surface area (Å²) in [7, 11) is 0. The molecular weight excluding hydrogens is 314 g/mol. The van der Waals surface area contributed by atoms with Crippen molar-refractivity contribution in [3.8, 4) is 0 Å². The number of nitrogens with one attached hydrogen (secondary N) is 1. The van der Waals surface area contributed by atoms with E-state index in [1.807, 2.05) is 0 Å². The van der Waals surface area contributed by atoms with Crippen LogP contribution in [-0.2, 0) is 0 Å². The molecule has 0 aromatic heterocycles. The van der Waals surface area contributed by atoms with Crippen molar-refractivity contribution in [1.29, 1.82) is 0 Å². The third-order valence-electron chi connectivity index (χ3n) is 2.77. The minimum atomic E-state index is -0.491. The van der Waals surface area contributed by atoms with Gasteiger partial charge in [0.2, 0.25) is 0 Å². The summed E-state index contributed by atoms with van der Waals surface area (Å²) in [6.45, 7) is 0.154. The van der Waals surface area contributed by atoms with Crippen LogP contribution in [-0.4, -0.2) is 6.54 Å². The predicted octanol–water partition coefficient (Wildman–Crippen LogP) is 3.84. The summed E-state index contributed by atoms with van der Waals surface area (Å²) in [5, 5.41) is 2.92. The molecule has 0 aliphatic carbocycles. The van der Waals surface area contributed by atoms with E-state index in [0.717, 1.165) is 4.47 Å². The molecule has 2 aromatic rings. The van der Waals surface area contributed by atoms with E-state index in [1.165, 1.54) is 12.1 Å². The molecule has 0 aliphatic rings. The maximum absolute atomic E-state index is 13.8. The van der Waals surface area contributed by atoms with Gasteiger partial charge in [-0.2, -0.15) is 0 Å². The standard InChI is InChI=1S/C14H13BrF2N2/c15-9-5-6-11(16)10(7-9)14(8-18)19-13-4-2-1-3-12(13)17/h1-7,14,19H,8,18H2. The maximum Gasteiger partial charge on any atom is 0.146 e. The predicted molar refractivity (Wildman–Crippen MR) is 75.9 cm³/mol. The van der Waals surface area contributed by atoms with E-state index in [-0.39, 0.29) is 12.4 Å². The summed E-state index contributed by atoms with van der Waals surface area (Å²) in [5.41, 5.74) is 6.36. The fourth-order valence-corrected chi connectivity index (χ4v) is 2.19. The molecule has 19 heavy (non-hydrogen) atoms. The van der Waals surface area contributed by atoms with Crippen molar-refractivity contribution in [1.82, 2.24) is 0 Å². The Bertz CT molecular complexity index is 575. The number of rotatable bonds is 4. The van der Waals surface area contributed by atoms with Gasteiger partial charge < -0.3 is 11.1 Å². The Labute approximate surface area is 118 Å². The first-order valence-corrected chi connectivity index (χ1v) is 6.57. The molecule has 100 valence electrons. The van der Waals surface area contributed by atoms with Crippen LogP contribution in [0.25, 0.3) is 0 Å². The van der Waals surface area contributed by atoms with Crippen LogP contribution in [0.2, 0.25) is 0 Å². The van der Waals surface area contributed by atoms with Gasteiger partial charge in [-0.15, -0.1) is 0 Å². The number of anilines is 1. The Morgan fingerprint density at radius 2 is 1.84 bits per heavy atom. The van der Waals surface area contributed by atoms with Crippen LogP contribution in [0.5, 0.6) is 0 Å². The zero-order valence-corrected chi connectivity index (χ0v) is 11.6. The van der Waals surface area contributed by atoms with Gasteiger partial charge >= 0.3 is 0 Å². The molecule has 0 saturated carbocycles. The molecular formula is C14H13BrF2N2. The molecule has 5 heteroatoms. The number of hydrogen-bond acceptors (Lipinski definition) is 2. The van der Waals surface area contributed by atoms with Gasteiger partial charge in [0.1, 0.15) is 11.6 Å². The van der Waals surface area contributed by atoms with E-state index >= 15 is 0 Å². The van der Waals surface area contributed by atoms with Crippen molar-refractivity contribution in [3.63, 3.8) is 0 Å². The molecule has 1 unspecified atom stereocenters.